The van der Waals surface area contributed by atoms with Crippen molar-refractivity contribution in [2.45, 2.75) is 32.7 Å². The van der Waals surface area contributed by atoms with Crippen LogP contribution in [0.5, 0.6) is 0 Å². The lowest BCUT2D eigenvalue weighted by molar-refractivity contribution is 0.146. The van der Waals surface area contributed by atoms with Gasteiger partial charge < -0.3 is 9.84 Å². The van der Waals surface area contributed by atoms with Gasteiger partial charge in [-0.25, -0.2) is 0 Å². The molecule has 0 aromatic carbocycles. The fraction of sp³-hybridized carbons (Fsp3) is 0.538. The molecule has 5 heteroatoms. The van der Waals surface area contributed by atoms with Crippen LogP contribution in [0.1, 0.15) is 38.6 Å². The summed E-state index contributed by atoms with van der Waals surface area (Å²) in [5.41, 5.74) is 1.19. The molecule has 2 aromatic rings. The second-order valence-electron chi connectivity index (χ2n) is 5.45. The predicted molar refractivity (Wildman–Crippen MR) is 71.4 cm³/mol. The summed E-state index contributed by atoms with van der Waals surface area (Å²) in [5, 5.41) is 11.6. The van der Waals surface area contributed by atoms with Crippen molar-refractivity contribution in [3.05, 3.63) is 22.7 Å². The minimum atomic E-state index is 0.158. The van der Waals surface area contributed by atoms with Crippen LogP contribution < -0.4 is 5.32 Å². The van der Waals surface area contributed by atoms with Crippen molar-refractivity contribution < 1.29 is 4.52 Å². The third kappa shape index (κ3) is 2.08. The molecule has 1 fully saturated rings. The van der Waals surface area contributed by atoms with E-state index in [0.717, 1.165) is 12.1 Å². The zero-order valence-corrected chi connectivity index (χ0v) is 11.5. The first-order valence-corrected chi connectivity index (χ1v) is 7.21. The van der Waals surface area contributed by atoms with Gasteiger partial charge in [0.2, 0.25) is 11.7 Å². The number of hydrogen-bond donors (Lipinski definition) is 1. The van der Waals surface area contributed by atoms with Crippen LogP contribution in [0.15, 0.2) is 21.3 Å². The Bertz CT molecular complexity index is 518. The zero-order chi connectivity index (χ0) is 12.6. The van der Waals surface area contributed by atoms with E-state index in [4.69, 9.17) is 4.52 Å². The van der Waals surface area contributed by atoms with Crippen molar-refractivity contribution in [1.82, 2.24) is 15.5 Å². The summed E-state index contributed by atoms with van der Waals surface area (Å²) in [7, 11) is 0. The molecule has 3 rings (SSSR count). The van der Waals surface area contributed by atoms with E-state index in [0.29, 0.717) is 11.7 Å². The lowest BCUT2D eigenvalue weighted by Gasteiger charge is -2.36. The average molecular weight is 263 g/mol. The third-order valence-electron chi connectivity index (χ3n) is 3.60. The first-order valence-electron chi connectivity index (χ1n) is 6.26. The van der Waals surface area contributed by atoms with Crippen LogP contribution in [-0.4, -0.2) is 16.7 Å². The number of rotatable bonds is 2. The fourth-order valence-corrected chi connectivity index (χ4v) is 3.13. The van der Waals surface area contributed by atoms with Crippen LogP contribution >= 0.6 is 11.3 Å². The average Bonchev–Trinajstić information content (AvgIpc) is 2.99. The monoisotopic (exact) mass is 263 g/mol. The summed E-state index contributed by atoms with van der Waals surface area (Å²) in [6, 6.07) is 2.17. The Labute approximate surface area is 110 Å². The predicted octanol–water partition coefficient (Wildman–Crippen LogP) is 3.25. The van der Waals surface area contributed by atoms with Gasteiger partial charge in [0, 0.05) is 10.9 Å². The molecule has 2 aromatic heterocycles. The number of nitrogens with one attached hydrogen (secondary N) is 1. The Morgan fingerprint density at radius 1 is 1.50 bits per heavy atom. The summed E-state index contributed by atoms with van der Waals surface area (Å²) in [6.45, 7) is 5.51. The van der Waals surface area contributed by atoms with Crippen LogP contribution in [0.2, 0.25) is 0 Å². The highest BCUT2D eigenvalue weighted by atomic mass is 32.1. The maximum atomic E-state index is 5.44. The van der Waals surface area contributed by atoms with Gasteiger partial charge in [-0.1, -0.05) is 19.0 Å². The van der Waals surface area contributed by atoms with Gasteiger partial charge in [-0.2, -0.15) is 16.3 Å². The van der Waals surface area contributed by atoms with E-state index in [1.54, 1.807) is 11.3 Å². The highest BCUT2D eigenvalue weighted by Gasteiger charge is 2.37. The van der Waals surface area contributed by atoms with Gasteiger partial charge in [0.25, 0.3) is 0 Å². The van der Waals surface area contributed by atoms with Crippen LogP contribution in [0.25, 0.3) is 11.4 Å². The largest absolute Gasteiger partial charge is 0.337 e. The van der Waals surface area contributed by atoms with Crippen LogP contribution in [0.3, 0.4) is 0 Å². The van der Waals surface area contributed by atoms with Crippen molar-refractivity contribution in [1.29, 1.82) is 0 Å². The minimum absolute atomic E-state index is 0.158. The van der Waals surface area contributed by atoms with Crippen molar-refractivity contribution in [2.75, 3.05) is 6.54 Å². The first-order chi connectivity index (χ1) is 8.67. The Kier molecular flexibility index (Phi) is 2.95. The summed E-state index contributed by atoms with van der Waals surface area (Å²) in [6.07, 6.45) is 2.38. The summed E-state index contributed by atoms with van der Waals surface area (Å²) in [5.74, 6) is 1.40. The number of nitrogens with zero attached hydrogens (tertiary/aromatic N) is 2. The highest BCUT2D eigenvalue weighted by molar-refractivity contribution is 7.08. The number of hydrogen-bond acceptors (Lipinski definition) is 5. The molecule has 0 bridgehead atoms. The second-order valence-corrected chi connectivity index (χ2v) is 6.23. The summed E-state index contributed by atoms with van der Waals surface area (Å²) >= 11 is 1.64. The van der Waals surface area contributed by atoms with Gasteiger partial charge in [-0.15, -0.1) is 0 Å². The molecular weight excluding hydrogens is 246 g/mol. The maximum Gasteiger partial charge on any atom is 0.244 e. The van der Waals surface area contributed by atoms with Crippen molar-refractivity contribution >= 4 is 11.3 Å². The van der Waals surface area contributed by atoms with Gasteiger partial charge in [0.05, 0.1) is 6.04 Å². The summed E-state index contributed by atoms with van der Waals surface area (Å²) < 4.78 is 5.44. The Morgan fingerprint density at radius 3 is 3.11 bits per heavy atom. The standard InChI is InChI=1S/C13H17N3OS/c1-13(2)5-3-6-14-10(13)12-15-11(16-17-12)9-4-7-18-8-9/h4,7-8,10,14H,3,5-6H2,1-2H3. The highest BCUT2D eigenvalue weighted by Crippen LogP contribution is 2.39. The quantitative estimate of drug-likeness (QED) is 0.903. The van der Waals surface area contributed by atoms with Gasteiger partial charge in [-0.3, -0.25) is 0 Å². The molecule has 1 atom stereocenters. The fourth-order valence-electron chi connectivity index (χ4n) is 2.49. The molecular formula is C13H17N3OS. The summed E-state index contributed by atoms with van der Waals surface area (Å²) in [4.78, 5) is 4.54. The molecule has 1 N–H and O–H groups in total. The van der Waals surface area contributed by atoms with Gasteiger partial charge in [0.15, 0.2) is 0 Å². The molecule has 18 heavy (non-hydrogen) atoms. The molecule has 4 nitrogen and oxygen atoms in total. The van der Waals surface area contributed by atoms with Gasteiger partial charge in [0.1, 0.15) is 0 Å². The smallest absolute Gasteiger partial charge is 0.244 e. The molecule has 96 valence electrons. The van der Waals surface area contributed by atoms with E-state index >= 15 is 0 Å². The SMILES string of the molecule is CC1(C)CCCNC1c1nc(-c2ccsc2)no1. The Balaban J connectivity index is 1.89. The molecule has 0 radical (unpaired) electrons. The Hall–Kier alpha value is -1.20. The molecule has 1 unspecified atom stereocenters. The number of aromatic nitrogens is 2. The normalized spacial score (nSPS) is 23.1. The molecule has 0 saturated carbocycles. The lowest BCUT2D eigenvalue weighted by atomic mass is 9.77. The second kappa shape index (κ2) is 4.48. The molecule has 1 saturated heterocycles. The molecule has 0 amide bonds. The Morgan fingerprint density at radius 2 is 2.39 bits per heavy atom. The van der Waals surface area contributed by atoms with Crippen molar-refractivity contribution in [3.63, 3.8) is 0 Å². The van der Waals surface area contributed by atoms with Crippen LogP contribution in [0.4, 0.5) is 0 Å². The first kappa shape index (κ1) is 11.9. The molecule has 1 aliphatic rings. The number of piperidine rings is 1. The van der Waals surface area contributed by atoms with E-state index in [-0.39, 0.29) is 11.5 Å². The van der Waals surface area contributed by atoms with Crippen molar-refractivity contribution in [2.24, 2.45) is 5.41 Å². The topological polar surface area (TPSA) is 51.0 Å². The number of thiophene rings is 1. The van der Waals surface area contributed by atoms with E-state index in [9.17, 15) is 0 Å². The van der Waals surface area contributed by atoms with Crippen LogP contribution in [0, 0.1) is 5.41 Å². The molecule has 0 aliphatic carbocycles. The lowest BCUT2D eigenvalue weighted by Crippen LogP contribution is -2.39. The van der Waals surface area contributed by atoms with Crippen molar-refractivity contribution in [3.8, 4) is 11.4 Å². The molecule has 1 aliphatic heterocycles. The van der Waals surface area contributed by atoms with Gasteiger partial charge >= 0.3 is 0 Å². The van der Waals surface area contributed by atoms with Gasteiger partial charge in [-0.05, 0) is 36.2 Å². The van der Waals surface area contributed by atoms with Crippen LogP contribution in [-0.2, 0) is 0 Å². The zero-order valence-electron chi connectivity index (χ0n) is 10.6. The third-order valence-corrected chi connectivity index (χ3v) is 4.28. The minimum Gasteiger partial charge on any atom is -0.337 e. The van der Waals surface area contributed by atoms with E-state index in [1.165, 1.54) is 12.8 Å². The maximum absolute atomic E-state index is 5.44. The van der Waals surface area contributed by atoms with E-state index in [1.807, 2.05) is 16.8 Å². The molecule has 0 spiro atoms. The van der Waals surface area contributed by atoms with E-state index < -0.39 is 0 Å². The van der Waals surface area contributed by atoms with E-state index in [2.05, 4.69) is 29.3 Å². The molecule has 3 heterocycles.